The molecule has 0 aliphatic heterocycles. The molecule has 0 aliphatic rings. The fourth-order valence-corrected chi connectivity index (χ4v) is 5.33. The van der Waals surface area contributed by atoms with Crippen molar-refractivity contribution in [2.45, 2.75) is 13.8 Å². The summed E-state index contributed by atoms with van der Waals surface area (Å²) in [5.41, 5.74) is 8.85. The molecule has 6 aromatic rings. The lowest BCUT2D eigenvalue weighted by atomic mass is 9.93. The van der Waals surface area contributed by atoms with Crippen LogP contribution in [0.4, 0.5) is 22.7 Å². The summed E-state index contributed by atoms with van der Waals surface area (Å²) >= 11 is 0. The Morgan fingerprint density at radius 3 is 1.88 bits per heavy atom. The van der Waals surface area contributed by atoms with E-state index < -0.39 is 0 Å². The number of anilines is 3. The molecule has 0 aliphatic carbocycles. The number of benzene rings is 6. The molecule has 0 amide bonds. The lowest BCUT2D eigenvalue weighted by Gasteiger charge is -2.25. The molecule has 6 aromatic carbocycles. The van der Waals surface area contributed by atoms with Crippen LogP contribution in [0.25, 0.3) is 38.5 Å². The second kappa shape index (κ2) is 10.9. The predicted octanol–water partition coefficient (Wildman–Crippen LogP) is 10.7. The maximum Gasteiger partial charge on any atom is 0.202 e. The van der Waals surface area contributed by atoms with E-state index in [-0.39, 0.29) is 0 Å². The van der Waals surface area contributed by atoms with Crippen molar-refractivity contribution in [1.82, 2.24) is 0 Å². The molecular weight excluding hydrogens is 498 g/mol. The van der Waals surface area contributed by atoms with Crippen LogP contribution in [0.2, 0.25) is 0 Å². The van der Waals surface area contributed by atoms with Gasteiger partial charge in [0.25, 0.3) is 0 Å². The SMILES string of the molecule is [C-]#[N+]c1c2ccc(C)cc2c(C#N)c2ccc(C=Cc3ccc(N(c4ccccc4)c4ccc(C)cc4)cc3)cc12. The molecule has 0 aromatic heterocycles. The van der Waals surface area contributed by atoms with Gasteiger partial charge >= 0.3 is 0 Å². The molecule has 3 nitrogen and oxygen atoms in total. The molecule has 0 radical (unpaired) electrons. The van der Waals surface area contributed by atoms with Gasteiger partial charge in [-0.25, -0.2) is 4.85 Å². The van der Waals surface area contributed by atoms with E-state index in [9.17, 15) is 5.26 Å². The Balaban J connectivity index is 1.35. The van der Waals surface area contributed by atoms with Crippen LogP contribution in [0, 0.1) is 31.8 Å². The first-order chi connectivity index (χ1) is 20.1. The highest BCUT2D eigenvalue weighted by Crippen LogP contribution is 2.39. The van der Waals surface area contributed by atoms with Gasteiger partial charge in [0, 0.05) is 17.1 Å². The molecule has 0 heterocycles. The first-order valence-electron chi connectivity index (χ1n) is 13.5. The zero-order valence-electron chi connectivity index (χ0n) is 23.0. The van der Waals surface area contributed by atoms with Gasteiger partial charge in [-0.05, 0) is 82.9 Å². The average Bonchev–Trinajstić information content (AvgIpc) is 3.01. The first kappa shape index (κ1) is 25.6. The highest BCUT2D eigenvalue weighted by atomic mass is 15.1. The van der Waals surface area contributed by atoms with E-state index in [1.165, 1.54) is 5.56 Å². The average molecular weight is 526 g/mol. The third-order valence-corrected chi connectivity index (χ3v) is 7.42. The van der Waals surface area contributed by atoms with Gasteiger partial charge in [-0.1, -0.05) is 102 Å². The lowest BCUT2D eigenvalue weighted by molar-refractivity contribution is 1.27. The number of nitrogens with zero attached hydrogens (tertiary/aromatic N) is 3. The highest BCUT2D eigenvalue weighted by Gasteiger charge is 2.15. The van der Waals surface area contributed by atoms with Gasteiger partial charge in [0.2, 0.25) is 5.69 Å². The highest BCUT2D eigenvalue weighted by molar-refractivity contribution is 6.15. The van der Waals surface area contributed by atoms with Crippen molar-refractivity contribution >= 4 is 56.4 Å². The fraction of sp³-hybridized carbons (Fsp3) is 0.0526. The first-order valence-corrected chi connectivity index (χ1v) is 13.5. The van der Waals surface area contributed by atoms with Crippen molar-refractivity contribution in [3.63, 3.8) is 0 Å². The molecular formula is C38H27N3. The van der Waals surface area contributed by atoms with Gasteiger partial charge in [-0.2, -0.15) is 5.26 Å². The van der Waals surface area contributed by atoms with Crippen LogP contribution in [0.3, 0.4) is 0 Å². The van der Waals surface area contributed by atoms with E-state index in [1.54, 1.807) is 0 Å². The Kier molecular flexibility index (Phi) is 6.78. The number of fused-ring (bicyclic) bond motifs is 2. The Bertz CT molecular complexity index is 2000. The maximum atomic E-state index is 9.98. The standard InChI is InChI=1S/C38H27N3/c1-26-9-17-31(18-10-26)41(30-7-5-4-6-8-30)32-19-14-28(15-20-32)12-13-29-16-22-33-36(24-29)38(40-3)34-21-11-27(2)23-35(34)37(33)25-39/h4-24H,1-2H3. The molecule has 0 bridgehead atoms. The summed E-state index contributed by atoms with van der Waals surface area (Å²) in [6, 6.07) is 41.8. The minimum Gasteiger partial charge on any atom is -0.311 e. The third-order valence-electron chi connectivity index (χ3n) is 7.42. The molecule has 0 saturated heterocycles. The van der Waals surface area contributed by atoms with Gasteiger partial charge in [0.05, 0.1) is 12.1 Å². The van der Waals surface area contributed by atoms with E-state index in [4.69, 9.17) is 6.57 Å². The summed E-state index contributed by atoms with van der Waals surface area (Å²) in [4.78, 5) is 6.13. The molecule has 6 rings (SSSR count). The zero-order chi connectivity index (χ0) is 28.3. The smallest absolute Gasteiger partial charge is 0.202 e. The summed E-state index contributed by atoms with van der Waals surface area (Å²) < 4.78 is 0. The van der Waals surface area contributed by atoms with Crippen LogP contribution in [0.15, 0.2) is 115 Å². The number of rotatable bonds is 5. The third kappa shape index (κ3) is 4.94. The minimum atomic E-state index is 0.589. The Morgan fingerprint density at radius 1 is 0.610 bits per heavy atom. The molecule has 0 unspecified atom stereocenters. The second-order valence-corrected chi connectivity index (χ2v) is 10.2. The summed E-state index contributed by atoms with van der Waals surface area (Å²) in [5.74, 6) is 0. The zero-order valence-corrected chi connectivity index (χ0v) is 23.0. The van der Waals surface area contributed by atoms with E-state index in [1.807, 2.05) is 49.4 Å². The molecule has 3 heteroatoms. The Hall–Kier alpha value is -5.64. The van der Waals surface area contributed by atoms with Crippen LogP contribution >= 0.6 is 0 Å². The summed E-state index contributed by atoms with van der Waals surface area (Å²) in [6.45, 7) is 12.0. The van der Waals surface area contributed by atoms with Crippen molar-refractivity contribution in [1.29, 1.82) is 5.26 Å². The normalized spacial score (nSPS) is 11.0. The fourth-order valence-electron chi connectivity index (χ4n) is 5.33. The van der Waals surface area contributed by atoms with Crippen molar-refractivity contribution < 1.29 is 0 Å². The molecule has 0 atom stereocenters. The van der Waals surface area contributed by atoms with Crippen molar-refractivity contribution in [2.24, 2.45) is 0 Å². The summed E-state index contributed by atoms with van der Waals surface area (Å²) in [6.07, 6.45) is 4.14. The van der Waals surface area contributed by atoms with Gasteiger partial charge < -0.3 is 4.90 Å². The lowest BCUT2D eigenvalue weighted by Crippen LogP contribution is -2.09. The van der Waals surface area contributed by atoms with E-state index >= 15 is 0 Å². The largest absolute Gasteiger partial charge is 0.311 e. The van der Waals surface area contributed by atoms with Crippen molar-refractivity contribution in [2.75, 3.05) is 4.90 Å². The van der Waals surface area contributed by atoms with E-state index in [0.717, 1.165) is 55.3 Å². The quantitative estimate of drug-likeness (QED) is 0.127. The second-order valence-electron chi connectivity index (χ2n) is 10.2. The number of nitriles is 1. The van der Waals surface area contributed by atoms with Gasteiger partial charge in [-0.15, -0.1) is 0 Å². The number of hydrogen-bond donors (Lipinski definition) is 0. The van der Waals surface area contributed by atoms with Gasteiger partial charge in [0.1, 0.15) is 6.07 Å². The molecule has 0 N–H and O–H groups in total. The Labute approximate surface area is 240 Å². The predicted molar refractivity (Wildman–Crippen MR) is 172 cm³/mol. The summed E-state index contributed by atoms with van der Waals surface area (Å²) in [5, 5.41) is 13.3. The van der Waals surface area contributed by atoms with Crippen LogP contribution in [0.5, 0.6) is 0 Å². The molecule has 0 fully saturated rings. The van der Waals surface area contributed by atoms with Gasteiger partial charge in [0.15, 0.2) is 0 Å². The molecule has 0 saturated carbocycles. The van der Waals surface area contributed by atoms with Crippen LogP contribution < -0.4 is 4.90 Å². The topological polar surface area (TPSA) is 31.4 Å². The minimum absolute atomic E-state index is 0.589. The van der Waals surface area contributed by atoms with Crippen LogP contribution in [0.1, 0.15) is 27.8 Å². The number of aryl methyl sites for hydroxylation is 2. The van der Waals surface area contributed by atoms with Gasteiger partial charge in [-0.3, -0.25) is 0 Å². The Morgan fingerprint density at radius 2 is 1.20 bits per heavy atom. The van der Waals surface area contributed by atoms with Crippen molar-refractivity contribution in [3.05, 3.63) is 154 Å². The van der Waals surface area contributed by atoms with E-state index in [0.29, 0.717) is 11.3 Å². The van der Waals surface area contributed by atoms with Crippen molar-refractivity contribution in [3.8, 4) is 6.07 Å². The number of para-hydroxylation sites is 1. The monoisotopic (exact) mass is 525 g/mol. The molecule has 194 valence electrons. The molecule has 41 heavy (non-hydrogen) atoms. The van der Waals surface area contributed by atoms with Crippen LogP contribution in [-0.2, 0) is 0 Å². The summed E-state index contributed by atoms with van der Waals surface area (Å²) in [7, 11) is 0. The van der Waals surface area contributed by atoms with E-state index in [2.05, 4.69) is 108 Å². The number of hydrogen-bond acceptors (Lipinski definition) is 2. The molecule has 0 spiro atoms. The maximum absolute atomic E-state index is 9.98. The van der Waals surface area contributed by atoms with Crippen LogP contribution in [-0.4, -0.2) is 0 Å².